The van der Waals surface area contributed by atoms with Crippen LogP contribution in [-0.2, 0) is 32.0 Å². The summed E-state index contributed by atoms with van der Waals surface area (Å²) < 4.78 is 0. The molecule has 3 amide bonds. The van der Waals surface area contributed by atoms with Gasteiger partial charge in [-0.25, -0.2) is 4.79 Å². The third-order valence-corrected chi connectivity index (χ3v) is 7.51. The van der Waals surface area contributed by atoms with Crippen molar-refractivity contribution in [2.24, 2.45) is 38.7 Å². The van der Waals surface area contributed by atoms with E-state index in [1.54, 1.807) is 6.20 Å². The minimum Gasteiger partial charge on any atom is -0.480 e. The fourth-order valence-electron chi connectivity index (χ4n) is 5.05. The number of aromatic amines is 1. The highest BCUT2D eigenvalue weighted by Crippen LogP contribution is 2.19. The first-order chi connectivity index (χ1) is 22.9. The Bertz CT molecular complexity index is 1580. The van der Waals surface area contributed by atoms with Crippen LogP contribution in [0.25, 0.3) is 10.9 Å². The number of aliphatic carboxylic acids is 1. The number of amides is 3. The highest BCUT2D eigenvalue weighted by Gasteiger charge is 2.31. The molecule has 0 bridgehead atoms. The van der Waals surface area contributed by atoms with Gasteiger partial charge >= 0.3 is 5.97 Å². The Morgan fingerprint density at radius 3 is 1.88 bits per heavy atom. The second kappa shape index (κ2) is 18.5. The Morgan fingerprint density at radius 2 is 1.25 bits per heavy atom. The normalized spacial score (nSPS) is 13.4. The largest absolute Gasteiger partial charge is 0.480 e. The first kappa shape index (κ1) is 36.8. The quantitative estimate of drug-likeness (QED) is 0.0420. The Morgan fingerprint density at radius 1 is 0.708 bits per heavy atom. The van der Waals surface area contributed by atoms with Gasteiger partial charge in [-0.3, -0.25) is 24.4 Å². The number of hydrogen-bond acceptors (Lipinski definition) is 7. The van der Waals surface area contributed by atoms with E-state index in [1.807, 2.05) is 54.6 Å². The molecule has 258 valence electrons. The Balaban J connectivity index is 1.82. The summed E-state index contributed by atoms with van der Waals surface area (Å²) in [4.78, 5) is 63.5. The number of nitrogens with one attached hydrogen (secondary N) is 4. The van der Waals surface area contributed by atoms with Gasteiger partial charge in [0.15, 0.2) is 11.9 Å². The number of hydrogen-bond donors (Lipinski definition) is 10. The van der Waals surface area contributed by atoms with Crippen molar-refractivity contribution in [3.63, 3.8) is 0 Å². The van der Waals surface area contributed by atoms with Crippen LogP contribution >= 0.6 is 0 Å². The maximum atomic E-state index is 13.9. The van der Waals surface area contributed by atoms with Crippen molar-refractivity contribution in [2.75, 3.05) is 13.1 Å². The fourth-order valence-corrected chi connectivity index (χ4v) is 5.05. The maximum absolute atomic E-state index is 13.9. The van der Waals surface area contributed by atoms with Gasteiger partial charge in [-0.1, -0.05) is 48.5 Å². The number of H-pyrrole nitrogens is 1. The molecule has 4 atom stereocenters. The average Bonchev–Trinajstić information content (AvgIpc) is 3.46. The molecule has 3 rings (SSSR count). The van der Waals surface area contributed by atoms with Gasteiger partial charge in [0, 0.05) is 36.6 Å². The lowest BCUT2D eigenvalue weighted by Crippen LogP contribution is -2.57. The predicted molar refractivity (Wildman–Crippen MR) is 183 cm³/mol. The van der Waals surface area contributed by atoms with E-state index < -0.39 is 47.9 Å². The number of carbonyl (C=O) groups is 4. The first-order valence-corrected chi connectivity index (χ1v) is 15.5. The summed E-state index contributed by atoms with van der Waals surface area (Å²) in [6.07, 6.45) is 2.72. The standard InChI is InChI=1S/C32H45N11O5/c33-22(16-19-8-2-1-3-9-19)27(44)43-26(17-20-18-40-23-11-5-4-10-21(20)23)29(46)41-24(12-6-14-38-31(34)35)28(45)42-25(30(47)48)13-7-15-39-32(36)37/h1-5,8-11,18,22,24-26,40H,6-7,12-17,33H2,(H,41,46)(H,42,45)(H,43,44)(H,47,48)(H4,34,35,38)(H4,36,37,39). The van der Waals surface area contributed by atoms with E-state index in [0.29, 0.717) is 0 Å². The first-order valence-electron chi connectivity index (χ1n) is 15.5. The van der Waals surface area contributed by atoms with Gasteiger partial charge < -0.3 is 54.7 Å². The number of nitrogens with two attached hydrogens (primary N) is 5. The van der Waals surface area contributed by atoms with E-state index in [-0.39, 0.29) is 63.5 Å². The molecule has 16 heteroatoms. The number of aromatic nitrogens is 1. The van der Waals surface area contributed by atoms with Gasteiger partial charge in [-0.2, -0.15) is 0 Å². The predicted octanol–water partition coefficient (Wildman–Crippen LogP) is -1.07. The molecule has 0 saturated carbocycles. The monoisotopic (exact) mass is 663 g/mol. The second-order valence-corrected chi connectivity index (χ2v) is 11.3. The highest BCUT2D eigenvalue weighted by molar-refractivity contribution is 5.95. The topological polar surface area (TPSA) is 295 Å². The number of nitrogens with zero attached hydrogens (tertiary/aromatic N) is 2. The van der Waals surface area contributed by atoms with Crippen LogP contribution in [0.15, 0.2) is 70.8 Å². The van der Waals surface area contributed by atoms with Gasteiger partial charge in [0.1, 0.15) is 18.1 Å². The number of guanidine groups is 2. The lowest BCUT2D eigenvalue weighted by atomic mass is 10.0. The summed E-state index contributed by atoms with van der Waals surface area (Å²) in [7, 11) is 0. The highest BCUT2D eigenvalue weighted by atomic mass is 16.4. The number of fused-ring (bicyclic) bond motifs is 1. The number of benzene rings is 2. The molecular formula is C32H45N11O5. The number of rotatable bonds is 19. The summed E-state index contributed by atoms with van der Waals surface area (Å²) in [6.45, 7) is 0.328. The van der Waals surface area contributed by atoms with Crippen molar-refractivity contribution >= 4 is 46.5 Å². The van der Waals surface area contributed by atoms with Crippen LogP contribution in [0.5, 0.6) is 0 Å². The molecule has 0 aliphatic heterocycles. The molecule has 0 aliphatic carbocycles. The van der Waals surface area contributed by atoms with Crippen molar-refractivity contribution < 1.29 is 24.3 Å². The molecule has 4 unspecified atom stereocenters. The molecular weight excluding hydrogens is 618 g/mol. The summed E-state index contributed by atoms with van der Waals surface area (Å²) in [5.41, 5.74) is 30.2. The van der Waals surface area contributed by atoms with E-state index in [0.717, 1.165) is 22.0 Å². The van der Waals surface area contributed by atoms with E-state index in [9.17, 15) is 24.3 Å². The van der Waals surface area contributed by atoms with E-state index in [1.165, 1.54) is 0 Å². The van der Waals surface area contributed by atoms with Gasteiger partial charge in [-0.15, -0.1) is 0 Å². The molecule has 0 fully saturated rings. The van der Waals surface area contributed by atoms with Crippen LogP contribution < -0.4 is 44.6 Å². The molecule has 0 saturated heterocycles. The van der Waals surface area contributed by atoms with Gasteiger partial charge in [0.2, 0.25) is 17.7 Å². The molecule has 0 radical (unpaired) electrons. The van der Waals surface area contributed by atoms with Crippen LogP contribution in [0.2, 0.25) is 0 Å². The van der Waals surface area contributed by atoms with Gasteiger partial charge in [0.25, 0.3) is 0 Å². The summed E-state index contributed by atoms with van der Waals surface area (Å²) in [5, 5.41) is 18.6. The molecule has 15 N–H and O–H groups in total. The zero-order chi connectivity index (χ0) is 35.1. The van der Waals surface area contributed by atoms with Crippen molar-refractivity contribution in [3.05, 3.63) is 71.9 Å². The van der Waals surface area contributed by atoms with Crippen LogP contribution in [0.3, 0.4) is 0 Å². The average molecular weight is 664 g/mol. The SMILES string of the molecule is NC(N)=NCCCC(NC(=O)C(CCCN=C(N)N)NC(=O)C(Cc1c[nH]c2ccccc12)NC(=O)C(N)Cc1ccccc1)C(=O)O. The lowest BCUT2D eigenvalue weighted by molar-refractivity contribution is -0.142. The third-order valence-electron chi connectivity index (χ3n) is 7.51. The van der Waals surface area contributed by atoms with Gasteiger partial charge in [-0.05, 0) is 49.3 Å². The zero-order valence-electron chi connectivity index (χ0n) is 26.6. The van der Waals surface area contributed by atoms with Crippen molar-refractivity contribution in [1.82, 2.24) is 20.9 Å². The number of carbonyl (C=O) groups excluding carboxylic acids is 3. The zero-order valence-corrected chi connectivity index (χ0v) is 26.6. The minimum atomic E-state index is -1.28. The molecule has 16 nitrogen and oxygen atoms in total. The summed E-state index contributed by atoms with van der Waals surface area (Å²) in [5.74, 6) is -3.50. The molecule has 0 aliphatic rings. The molecule has 3 aromatic rings. The van der Waals surface area contributed by atoms with Crippen molar-refractivity contribution in [2.45, 2.75) is 62.7 Å². The van der Waals surface area contributed by atoms with Crippen LogP contribution in [0.1, 0.15) is 36.8 Å². The third kappa shape index (κ3) is 11.9. The summed E-state index contributed by atoms with van der Waals surface area (Å²) >= 11 is 0. The van der Waals surface area contributed by atoms with E-state index >= 15 is 0 Å². The van der Waals surface area contributed by atoms with E-state index in [4.69, 9.17) is 28.7 Å². The fraction of sp³-hybridized carbons (Fsp3) is 0.375. The Kier molecular flexibility index (Phi) is 14.2. The van der Waals surface area contributed by atoms with Crippen LogP contribution in [-0.4, -0.2) is 83.0 Å². The maximum Gasteiger partial charge on any atom is 0.326 e. The lowest BCUT2D eigenvalue weighted by Gasteiger charge is -2.25. The number of aliphatic imine (C=N–C) groups is 2. The Labute approximate surface area is 278 Å². The number of para-hydroxylation sites is 1. The van der Waals surface area contributed by atoms with Crippen molar-refractivity contribution in [3.8, 4) is 0 Å². The molecule has 0 spiro atoms. The van der Waals surface area contributed by atoms with Crippen LogP contribution in [0, 0.1) is 0 Å². The number of carboxylic acids is 1. The smallest absolute Gasteiger partial charge is 0.326 e. The molecule has 48 heavy (non-hydrogen) atoms. The van der Waals surface area contributed by atoms with Crippen LogP contribution in [0.4, 0.5) is 0 Å². The molecule has 1 heterocycles. The second-order valence-electron chi connectivity index (χ2n) is 11.3. The number of carboxylic acid groups (broad SMARTS) is 1. The molecule has 1 aromatic heterocycles. The summed E-state index contributed by atoms with van der Waals surface area (Å²) in [6, 6.07) is 12.2. The minimum absolute atomic E-state index is 0.0328. The van der Waals surface area contributed by atoms with Crippen molar-refractivity contribution in [1.29, 1.82) is 0 Å². The van der Waals surface area contributed by atoms with E-state index in [2.05, 4.69) is 30.9 Å². The molecule has 2 aromatic carbocycles. The Hall–Kier alpha value is -5.64. The van der Waals surface area contributed by atoms with Gasteiger partial charge in [0.05, 0.1) is 6.04 Å².